The van der Waals surface area contributed by atoms with Crippen LogP contribution in [0.4, 0.5) is 0 Å². The van der Waals surface area contributed by atoms with Crippen molar-refractivity contribution in [3.05, 3.63) is 0 Å². The molecule has 0 heterocycles. The molecule has 3 saturated carbocycles. The Labute approximate surface area is 91.7 Å². The molecule has 0 unspecified atom stereocenters. The maximum absolute atomic E-state index is 4.28. The molecule has 2 N–H and O–H groups in total. The van der Waals surface area contributed by atoms with Crippen LogP contribution in [0.1, 0.15) is 38.5 Å². The van der Waals surface area contributed by atoms with Crippen LogP contribution in [0.2, 0.25) is 0 Å². The lowest BCUT2D eigenvalue weighted by Gasteiger charge is -2.25. The predicted molar refractivity (Wildman–Crippen MR) is 61.9 cm³/mol. The minimum Gasteiger partial charge on any atom is -0.354 e. The number of hydrogen-bond acceptors (Lipinski definition) is 1. The topological polar surface area (TPSA) is 36.4 Å². The van der Waals surface area contributed by atoms with Crippen molar-refractivity contribution in [3.8, 4) is 0 Å². The Hall–Kier alpha value is -0.730. The summed E-state index contributed by atoms with van der Waals surface area (Å²) in [6.07, 6.45) is 8.41. The van der Waals surface area contributed by atoms with Gasteiger partial charge >= 0.3 is 0 Å². The lowest BCUT2D eigenvalue weighted by Crippen LogP contribution is -2.40. The monoisotopic (exact) mass is 207 g/mol. The molecule has 0 aromatic carbocycles. The maximum atomic E-state index is 4.28. The molecule has 3 aliphatic carbocycles. The van der Waals surface area contributed by atoms with E-state index in [1.165, 1.54) is 38.5 Å². The summed E-state index contributed by atoms with van der Waals surface area (Å²) in [4.78, 5) is 4.28. The Bertz CT molecular complexity index is 266. The van der Waals surface area contributed by atoms with E-state index >= 15 is 0 Å². The third-order valence-electron chi connectivity index (χ3n) is 4.06. The van der Waals surface area contributed by atoms with E-state index in [-0.39, 0.29) is 0 Å². The Morgan fingerprint density at radius 2 is 1.93 bits per heavy atom. The summed E-state index contributed by atoms with van der Waals surface area (Å²) in [5.74, 6) is 3.02. The van der Waals surface area contributed by atoms with Crippen molar-refractivity contribution in [2.75, 3.05) is 7.05 Å². The van der Waals surface area contributed by atoms with Crippen LogP contribution in [0, 0.1) is 11.8 Å². The van der Waals surface area contributed by atoms with E-state index in [9.17, 15) is 0 Å². The van der Waals surface area contributed by atoms with Crippen LogP contribution in [-0.4, -0.2) is 25.1 Å². The molecule has 0 aromatic rings. The Balaban J connectivity index is 1.44. The van der Waals surface area contributed by atoms with Gasteiger partial charge in [0.25, 0.3) is 0 Å². The van der Waals surface area contributed by atoms with Crippen LogP contribution in [0.15, 0.2) is 4.99 Å². The number of rotatable bonds is 3. The van der Waals surface area contributed by atoms with Crippen LogP contribution in [-0.2, 0) is 0 Å². The summed E-state index contributed by atoms with van der Waals surface area (Å²) in [6, 6.07) is 1.43. The number of nitrogens with one attached hydrogen (secondary N) is 2. The van der Waals surface area contributed by atoms with Crippen LogP contribution in [0.25, 0.3) is 0 Å². The molecule has 0 amide bonds. The standard InChI is InChI=1S/C12H21N3/c1-13-12(14-9-5-6-9)15-11-7-10(11)8-3-2-4-8/h8-11H,2-7H2,1H3,(H2,13,14,15)/t10-,11+/m0/s1. The van der Waals surface area contributed by atoms with E-state index in [1.807, 2.05) is 7.05 Å². The highest BCUT2D eigenvalue weighted by Gasteiger charge is 2.45. The average molecular weight is 207 g/mol. The van der Waals surface area contributed by atoms with Crippen LogP contribution >= 0.6 is 0 Å². The lowest BCUT2D eigenvalue weighted by molar-refractivity contribution is 0.271. The van der Waals surface area contributed by atoms with Crippen molar-refractivity contribution in [2.24, 2.45) is 16.8 Å². The second-order valence-electron chi connectivity index (χ2n) is 5.33. The van der Waals surface area contributed by atoms with Gasteiger partial charge in [0.05, 0.1) is 0 Å². The van der Waals surface area contributed by atoms with E-state index in [4.69, 9.17) is 0 Å². The Morgan fingerprint density at radius 3 is 2.47 bits per heavy atom. The quantitative estimate of drug-likeness (QED) is 0.543. The first kappa shape index (κ1) is 9.49. The summed E-state index contributed by atoms with van der Waals surface area (Å²) < 4.78 is 0. The van der Waals surface area contributed by atoms with Gasteiger partial charge in [-0.05, 0) is 31.1 Å². The fourth-order valence-electron chi connectivity index (χ4n) is 2.54. The second-order valence-corrected chi connectivity index (χ2v) is 5.33. The first-order chi connectivity index (χ1) is 7.36. The Kier molecular flexibility index (Phi) is 2.33. The molecule has 0 spiro atoms. The molecule has 0 bridgehead atoms. The SMILES string of the molecule is CN=C(NC1CC1)N[C@@H]1C[C@H]1C1CCC1. The highest BCUT2D eigenvalue weighted by atomic mass is 15.2. The van der Waals surface area contributed by atoms with Gasteiger partial charge in [0.15, 0.2) is 5.96 Å². The summed E-state index contributed by atoms with van der Waals surface area (Å²) in [6.45, 7) is 0. The average Bonchev–Trinajstić information content (AvgIpc) is 3.00. The van der Waals surface area contributed by atoms with Crippen molar-refractivity contribution >= 4 is 5.96 Å². The highest BCUT2D eigenvalue weighted by Crippen LogP contribution is 2.46. The second kappa shape index (κ2) is 3.69. The molecule has 3 rings (SSSR count). The number of nitrogens with zero attached hydrogens (tertiary/aromatic N) is 1. The summed E-state index contributed by atoms with van der Waals surface area (Å²) in [7, 11) is 1.87. The molecule has 2 atom stereocenters. The van der Waals surface area contributed by atoms with Crippen molar-refractivity contribution in [3.63, 3.8) is 0 Å². The fourth-order valence-corrected chi connectivity index (χ4v) is 2.54. The van der Waals surface area contributed by atoms with Gasteiger partial charge < -0.3 is 10.6 Å². The smallest absolute Gasteiger partial charge is 0.191 e. The van der Waals surface area contributed by atoms with E-state index in [0.717, 1.165) is 23.8 Å². The third-order valence-corrected chi connectivity index (χ3v) is 4.06. The van der Waals surface area contributed by atoms with Crippen molar-refractivity contribution in [2.45, 2.75) is 50.6 Å². The third kappa shape index (κ3) is 2.11. The summed E-state index contributed by atoms with van der Waals surface area (Å²) >= 11 is 0. The highest BCUT2D eigenvalue weighted by molar-refractivity contribution is 5.80. The van der Waals surface area contributed by atoms with Gasteiger partial charge in [-0.15, -0.1) is 0 Å². The predicted octanol–water partition coefficient (Wildman–Crippen LogP) is 1.50. The Morgan fingerprint density at radius 1 is 1.13 bits per heavy atom. The molecular formula is C12H21N3. The number of aliphatic imine (C=N–C) groups is 1. The minimum atomic E-state index is 0.706. The van der Waals surface area contributed by atoms with Gasteiger partial charge in [-0.1, -0.05) is 19.3 Å². The van der Waals surface area contributed by atoms with E-state index in [2.05, 4.69) is 15.6 Å². The molecule has 0 aliphatic heterocycles. The van der Waals surface area contributed by atoms with Crippen molar-refractivity contribution < 1.29 is 0 Å². The molecule has 0 aromatic heterocycles. The molecule has 3 aliphatic rings. The van der Waals surface area contributed by atoms with Crippen LogP contribution in [0.3, 0.4) is 0 Å². The molecule has 3 heteroatoms. The number of guanidine groups is 1. The lowest BCUT2D eigenvalue weighted by atomic mass is 9.81. The van der Waals surface area contributed by atoms with E-state index < -0.39 is 0 Å². The molecule has 0 radical (unpaired) electrons. The molecule has 3 fully saturated rings. The molecule has 84 valence electrons. The van der Waals surface area contributed by atoms with Crippen LogP contribution in [0.5, 0.6) is 0 Å². The number of hydrogen-bond donors (Lipinski definition) is 2. The largest absolute Gasteiger partial charge is 0.354 e. The normalized spacial score (nSPS) is 35.9. The molecule has 15 heavy (non-hydrogen) atoms. The zero-order valence-corrected chi connectivity index (χ0v) is 9.50. The van der Waals surface area contributed by atoms with E-state index in [0.29, 0.717) is 6.04 Å². The van der Waals surface area contributed by atoms with Crippen molar-refractivity contribution in [1.29, 1.82) is 0 Å². The van der Waals surface area contributed by atoms with Gasteiger partial charge in [0.1, 0.15) is 0 Å². The molecule has 0 saturated heterocycles. The minimum absolute atomic E-state index is 0.706. The first-order valence-electron chi connectivity index (χ1n) is 6.36. The zero-order chi connectivity index (χ0) is 10.3. The van der Waals surface area contributed by atoms with Gasteiger partial charge in [0.2, 0.25) is 0 Å². The van der Waals surface area contributed by atoms with Gasteiger partial charge in [-0.25, -0.2) is 0 Å². The van der Waals surface area contributed by atoms with Crippen molar-refractivity contribution in [1.82, 2.24) is 10.6 Å². The summed E-state index contributed by atoms with van der Waals surface area (Å²) in [5.41, 5.74) is 0. The molecule has 3 nitrogen and oxygen atoms in total. The molecular weight excluding hydrogens is 186 g/mol. The fraction of sp³-hybridized carbons (Fsp3) is 0.917. The van der Waals surface area contributed by atoms with E-state index in [1.54, 1.807) is 0 Å². The van der Waals surface area contributed by atoms with Gasteiger partial charge in [0, 0.05) is 19.1 Å². The van der Waals surface area contributed by atoms with Crippen LogP contribution < -0.4 is 10.6 Å². The zero-order valence-electron chi connectivity index (χ0n) is 9.50. The van der Waals surface area contributed by atoms with Gasteiger partial charge in [-0.2, -0.15) is 0 Å². The first-order valence-corrected chi connectivity index (χ1v) is 6.36. The maximum Gasteiger partial charge on any atom is 0.191 e. The summed E-state index contributed by atoms with van der Waals surface area (Å²) in [5, 5.41) is 7.00. The van der Waals surface area contributed by atoms with Gasteiger partial charge in [-0.3, -0.25) is 4.99 Å².